The van der Waals surface area contributed by atoms with Gasteiger partial charge in [0, 0.05) is 11.1 Å². The molecule has 0 fully saturated rings. The molecule has 2 atom stereocenters. The molecule has 1 aliphatic carbocycles. The third-order valence-corrected chi connectivity index (χ3v) is 7.35. The van der Waals surface area contributed by atoms with Gasteiger partial charge in [0.2, 0.25) is 0 Å². The van der Waals surface area contributed by atoms with Crippen LogP contribution in [0.4, 0.5) is 0 Å². The Hall–Kier alpha value is -2.19. The molecule has 5 rings (SSSR count). The Morgan fingerprint density at radius 2 is 2.26 bits per heavy atom. The maximum atomic E-state index is 12.8. The molecule has 0 aliphatic heterocycles. The van der Waals surface area contributed by atoms with E-state index in [1.165, 1.54) is 10.4 Å². The summed E-state index contributed by atoms with van der Waals surface area (Å²) in [6, 6.07) is 5.81. The van der Waals surface area contributed by atoms with Crippen LogP contribution in [0.15, 0.2) is 34.3 Å². The summed E-state index contributed by atoms with van der Waals surface area (Å²) in [6.07, 6.45) is 5.13. The normalized spacial score (nSPS) is 18.1. The predicted molar refractivity (Wildman–Crippen MR) is 109 cm³/mol. The molecule has 0 unspecified atom stereocenters. The van der Waals surface area contributed by atoms with Gasteiger partial charge in [-0.2, -0.15) is 0 Å². The van der Waals surface area contributed by atoms with Gasteiger partial charge in [-0.3, -0.25) is 9.20 Å². The average molecular weight is 398 g/mol. The van der Waals surface area contributed by atoms with Crippen LogP contribution < -0.4 is 5.56 Å². The van der Waals surface area contributed by atoms with Crippen molar-refractivity contribution >= 4 is 39.0 Å². The fraction of sp³-hybridized carbons (Fsp3) is 0.368. The van der Waals surface area contributed by atoms with E-state index in [9.17, 15) is 4.79 Å². The molecule has 0 saturated carbocycles. The first kappa shape index (κ1) is 16.9. The monoisotopic (exact) mass is 397 g/mol. The second kappa shape index (κ2) is 6.45. The number of hydrogen-bond donors (Lipinski definition) is 1. The summed E-state index contributed by atoms with van der Waals surface area (Å²) in [7, 11) is 0. The Morgan fingerprint density at radius 1 is 1.37 bits per heavy atom. The van der Waals surface area contributed by atoms with E-state index < -0.39 is 0 Å². The first-order chi connectivity index (χ1) is 13.1. The van der Waals surface area contributed by atoms with Crippen molar-refractivity contribution in [3.63, 3.8) is 0 Å². The third kappa shape index (κ3) is 2.87. The number of aromatic nitrogens is 5. The van der Waals surface area contributed by atoms with Crippen molar-refractivity contribution in [2.75, 3.05) is 0 Å². The summed E-state index contributed by atoms with van der Waals surface area (Å²) in [4.78, 5) is 22.8. The van der Waals surface area contributed by atoms with E-state index in [0.717, 1.165) is 40.3 Å². The van der Waals surface area contributed by atoms with E-state index in [4.69, 9.17) is 4.98 Å². The highest BCUT2D eigenvalue weighted by molar-refractivity contribution is 7.99. The summed E-state index contributed by atoms with van der Waals surface area (Å²) in [5, 5.41) is 10.0. The lowest BCUT2D eigenvalue weighted by Gasteiger charge is -2.17. The number of thioether (sulfide) groups is 1. The summed E-state index contributed by atoms with van der Waals surface area (Å²) < 4.78 is 1.95. The highest BCUT2D eigenvalue weighted by atomic mass is 32.2. The Kier molecular flexibility index (Phi) is 4.05. The molecule has 27 heavy (non-hydrogen) atoms. The minimum Gasteiger partial charge on any atom is -0.309 e. The Morgan fingerprint density at radius 3 is 3.15 bits per heavy atom. The highest BCUT2D eigenvalue weighted by Crippen LogP contribution is 2.37. The molecule has 6 nitrogen and oxygen atoms in total. The van der Waals surface area contributed by atoms with Gasteiger partial charge in [0.05, 0.1) is 10.6 Å². The number of rotatable bonds is 3. The fourth-order valence-corrected chi connectivity index (χ4v) is 5.96. The zero-order valence-electron chi connectivity index (χ0n) is 15.1. The second-order valence-corrected chi connectivity index (χ2v) is 9.55. The molecule has 0 aromatic carbocycles. The van der Waals surface area contributed by atoms with Gasteiger partial charge in [0.1, 0.15) is 10.7 Å². The number of nitrogens with zero attached hydrogens (tertiary/aromatic N) is 4. The molecular formula is C19H19N5OS2. The van der Waals surface area contributed by atoms with E-state index in [2.05, 4.69) is 22.1 Å². The van der Waals surface area contributed by atoms with E-state index in [-0.39, 0.29) is 10.8 Å². The van der Waals surface area contributed by atoms with Crippen LogP contribution in [0.3, 0.4) is 0 Å². The van der Waals surface area contributed by atoms with Crippen molar-refractivity contribution in [3.05, 3.63) is 51.0 Å². The van der Waals surface area contributed by atoms with Crippen LogP contribution in [-0.4, -0.2) is 24.6 Å². The van der Waals surface area contributed by atoms with Crippen molar-refractivity contribution in [2.24, 2.45) is 5.92 Å². The van der Waals surface area contributed by atoms with Crippen molar-refractivity contribution in [1.29, 1.82) is 0 Å². The Balaban J connectivity index is 1.52. The van der Waals surface area contributed by atoms with Gasteiger partial charge in [0.15, 0.2) is 10.8 Å². The van der Waals surface area contributed by atoms with Crippen LogP contribution in [0.25, 0.3) is 15.9 Å². The molecule has 0 bridgehead atoms. The molecule has 0 amide bonds. The third-order valence-electron chi connectivity index (χ3n) is 5.13. The van der Waals surface area contributed by atoms with Crippen LogP contribution in [0.1, 0.15) is 41.8 Å². The molecule has 4 aromatic rings. The number of pyridine rings is 1. The smallest absolute Gasteiger partial charge is 0.259 e. The zero-order valence-corrected chi connectivity index (χ0v) is 16.7. The number of hydrogen-bond acceptors (Lipinski definition) is 6. The molecule has 4 aromatic heterocycles. The predicted octanol–water partition coefficient (Wildman–Crippen LogP) is 4.01. The number of aryl methyl sites for hydroxylation is 1. The first-order valence-corrected chi connectivity index (χ1v) is 10.8. The van der Waals surface area contributed by atoms with Crippen molar-refractivity contribution in [3.8, 4) is 0 Å². The maximum absolute atomic E-state index is 12.8. The molecule has 138 valence electrons. The molecule has 0 saturated heterocycles. The van der Waals surface area contributed by atoms with Crippen molar-refractivity contribution in [2.45, 2.75) is 43.5 Å². The minimum atomic E-state index is -0.0345. The lowest BCUT2D eigenvalue weighted by atomic mass is 9.89. The van der Waals surface area contributed by atoms with Crippen LogP contribution in [-0.2, 0) is 12.8 Å². The van der Waals surface area contributed by atoms with Gasteiger partial charge < -0.3 is 4.98 Å². The Bertz CT molecular complexity index is 1210. The standard InChI is InChI=1S/C19H19N5OS2/c1-10-6-7-12-13(9-10)27-18-15(12)17(25)20-16(21-18)11(2)26-19-23-22-14-5-3-4-8-24(14)19/h3-5,8,10-11H,6-7,9H2,1-2H3,(H,20,21,25)/t10-,11-/m0/s1. The van der Waals surface area contributed by atoms with Gasteiger partial charge in [0.25, 0.3) is 5.56 Å². The van der Waals surface area contributed by atoms with Gasteiger partial charge in [-0.1, -0.05) is 24.8 Å². The van der Waals surface area contributed by atoms with E-state index in [1.54, 1.807) is 23.1 Å². The maximum Gasteiger partial charge on any atom is 0.259 e. The van der Waals surface area contributed by atoms with Crippen LogP contribution in [0, 0.1) is 5.92 Å². The van der Waals surface area contributed by atoms with E-state index >= 15 is 0 Å². The average Bonchev–Trinajstić information content (AvgIpc) is 3.22. The largest absolute Gasteiger partial charge is 0.309 e. The lowest BCUT2D eigenvalue weighted by molar-refractivity contribution is 0.509. The zero-order chi connectivity index (χ0) is 18.5. The first-order valence-electron chi connectivity index (χ1n) is 9.11. The summed E-state index contributed by atoms with van der Waals surface area (Å²) in [6.45, 7) is 4.31. The van der Waals surface area contributed by atoms with Crippen LogP contribution in [0.5, 0.6) is 0 Å². The molecular weight excluding hydrogens is 378 g/mol. The highest BCUT2D eigenvalue weighted by Gasteiger charge is 2.24. The molecule has 0 spiro atoms. The molecule has 8 heteroatoms. The van der Waals surface area contributed by atoms with Crippen molar-refractivity contribution < 1.29 is 0 Å². The fourth-order valence-electron chi connectivity index (χ4n) is 3.67. The van der Waals surface area contributed by atoms with E-state index in [1.807, 2.05) is 35.7 Å². The number of aromatic amines is 1. The van der Waals surface area contributed by atoms with Crippen LogP contribution in [0.2, 0.25) is 0 Å². The second-order valence-electron chi connectivity index (χ2n) is 7.15. The molecule has 0 radical (unpaired) electrons. The van der Waals surface area contributed by atoms with Crippen LogP contribution >= 0.6 is 23.1 Å². The van der Waals surface area contributed by atoms with Gasteiger partial charge >= 0.3 is 0 Å². The number of thiophene rings is 1. The molecule has 1 aliphatic rings. The minimum absolute atomic E-state index is 0.0133. The Labute approximate surface area is 164 Å². The number of fused-ring (bicyclic) bond motifs is 4. The topological polar surface area (TPSA) is 75.9 Å². The SMILES string of the molecule is C[C@H]1CCc2c(sc3nc([C@H](C)Sc4nnc5ccccn45)[nH]c(=O)c23)C1. The number of H-pyrrole nitrogens is 1. The van der Waals surface area contributed by atoms with Gasteiger partial charge in [-0.25, -0.2) is 4.98 Å². The number of nitrogens with one attached hydrogen (secondary N) is 1. The summed E-state index contributed by atoms with van der Waals surface area (Å²) in [5.41, 5.74) is 2.02. The quantitative estimate of drug-likeness (QED) is 0.529. The summed E-state index contributed by atoms with van der Waals surface area (Å²) >= 11 is 3.23. The van der Waals surface area contributed by atoms with E-state index in [0.29, 0.717) is 11.7 Å². The van der Waals surface area contributed by atoms with Gasteiger partial charge in [-0.15, -0.1) is 21.5 Å². The summed E-state index contributed by atoms with van der Waals surface area (Å²) in [5.74, 6) is 1.37. The molecule has 1 N–H and O–H groups in total. The lowest BCUT2D eigenvalue weighted by Crippen LogP contribution is -2.15. The molecule has 4 heterocycles. The van der Waals surface area contributed by atoms with Gasteiger partial charge in [-0.05, 0) is 49.8 Å². The van der Waals surface area contributed by atoms with Crippen molar-refractivity contribution in [1.82, 2.24) is 24.6 Å².